The van der Waals surface area contributed by atoms with Gasteiger partial charge in [-0.25, -0.2) is 0 Å². The topological polar surface area (TPSA) is 81.0 Å². The Kier molecular flexibility index (Phi) is 6.79. The van der Waals surface area contributed by atoms with Gasteiger partial charge in [0.05, 0.1) is 25.0 Å². The third kappa shape index (κ3) is 4.89. The summed E-state index contributed by atoms with van der Waals surface area (Å²) < 4.78 is 5.93. The fraction of sp³-hybridized carbons (Fsp3) is 0.519. The van der Waals surface area contributed by atoms with Gasteiger partial charge < -0.3 is 9.32 Å². The highest BCUT2D eigenvalue weighted by atomic mass is 16.4. The van der Waals surface area contributed by atoms with Crippen molar-refractivity contribution in [3.05, 3.63) is 58.0 Å². The van der Waals surface area contributed by atoms with Gasteiger partial charge in [0.25, 0.3) is 5.91 Å². The Labute approximate surface area is 191 Å². The number of benzene rings is 1. The molecule has 0 bridgehead atoms. The van der Waals surface area contributed by atoms with Crippen LogP contribution in [0.3, 0.4) is 0 Å². The summed E-state index contributed by atoms with van der Waals surface area (Å²) in [5, 5.41) is 17.7. The van der Waals surface area contributed by atoms with E-state index in [-0.39, 0.29) is 35.3 Å². The third-order valence-electron chi connectivity index (χ3n) is 6.82. The van der Waals surface area contributed by atoms with E-state index in [9.17, 15) is 4.79 Å². The molecule has 1 aliphatic rings. The van der Waals surface area contributed by atoms with Gasteiger partial charge in [-0.15, -0.1) is 0 Å². The van der Waals surface area contributed by atoms with Crippen molar-refractivity contribution in [2.24, 2.45) is 0 Å². The Hall–Kier alpha value is -3.05. The lowest BCUT2D eigenvalue weighted by molar-refractivity contribution is 0.0729. The molecule has 2 aromatic rings. The molecule has 0 fully saturated rings. The van der Waals surface area contributed by atoms with E-state index >= 15 is 0 Å². The lowest BCUT2D eigenvalue weighted by Gasteiger charge is -2.42. The van der Waals surface area contributed by atoms with Gasteiger partial charge in [0.15, 0.2) is 5.76 Å². The second kappa shape index (κ2) is 9.21. The Morgan fingerprint density at radius 1 is 1.00 bits per heavy atom. The van der Waals surface area contributed by atoms with Crippen molar-refractivity contribution in [3.8, 4) is 12.1 Å². The standard InChI is InChI=1S/C27H33N3O2/c1-19-16-22-23(27(4,5)11-10-26(22,2)3)18-20(19)17-21-8-9-24(32-21)25(31)30(14-6-12-28)15-7-13-29/h8-9,16,18H,6-7,10-11,14-15,17H2,1-5H3. The highest BCUT2D eigenvalue weighted by molar-refractivity contribution is 5.91. The maximum absolute atomic E-state index is 12.9. The van der Waals surface area contributed by atoms with Gasteiger partial charge in [-0.2, -0.15) is 10.5 Å². The summed E-state index contributed by atoms with van der Waals surface area (Å²) in [6.07, 6.45) is 3.43. The third-order valence-corrected chi connectivity index (χ3v) is 6.82. The lowest BCUT2D eigenvalue weighted by Crippen LogP contribution is -2.34. The average molecular weight is 432 g/mol. The smallest absolute Gasteiger partial charge is 0.289 e. The zero-order valence-corrected chi connectivity index (χ0v) is 19.9. The van der Waals surface area contributed by atoms with E-state index in [0.29, 0.717) is 19.5 Å². The minimum atomic E-state index is -0.271. The monoisotopic (exact) mass is 431 g/mol. The van der Waals surface area contributed by atoms with Crippen LogP contribution in [-0.2, 0) is 17.3 Å². The first kappa shape index (κ1) is 23.6. The number of rotatable bonds is 7. The van der Waals surface area contributed by atoms with Gasteiger partial charge in [-0.3, -0.25) is 4.79 Å². The minimum Gasteiger partial charge on any atom is -0.456 e. The summed E-state index contributed by atoms with van der Waals surface area (Å²) in [5.41, 5.74) is 5.62. The van der Waals surface area contributed by atoms with Crippen LogP contribution in [0.15, 0.2) is 28.7 Å². The van der Waals surface area contributed by atoms with Crippen molar-refractivity contribution in [1.29, 1.82) is 10.5 Å². The Bertz CT molecular complexity index is 1060. The molecule has 1 aliphatic carbocycles. The van der Waals surface area contributed by atoms with E-state index in [2.05, 4.69) is 58.9 Å². The SMILES string of the molecule is Cc1cc2c(cc1Cc1ccc(C(=O)N(CCC#N)CCC#N)o1)C(C)(C)CCC2(C)C. The molecule has 32 heavy (non-hydrogen) atoms. The Balaban J connectivity index is 1.85. The van der Waals surface area contributed by atoms with Crippen LogP contribution in [0, 0.1) is 29.6 Å². The number of hydrogen-bond acceptors (Lipinski definition) is 4. The molecule has 0 unspecified atom stereocenters. The van der Waals surface area contributed by atoms with Gasteiger partial charge in [-0.1, -0.05) is 39.8 Å². The lowest BCUT2D eigenvalue weighted by atomic mass is 9.62. The number of carbonyl (C=O) groups is 1. The van der Waals surface area contributed by atoms with Crippen LogP contribution in [0.5, 0.6) is 0 Å². The van der Waals surface area contributed by atoms with Crippen molar-refractivity contribution in [1.82, 2.24) is 4.90 Å². The molecular formula is C27H33N3O2. The van der Waals surface area contributed by atoms with E-state index in [1.54, 1.807) is 6.07 Å². The van der Waals surface area contributed by atoms with Crippen LogP contribution in [0.4, 0.5) is 0 Å². The molecule has 0 aliphatic heterocycles. The van der Waals surface area contributed by atoms with Crippen molar-refractivity contribution in [2.45, 2.75) is 77.6 Å². The fourth-order valence-electron chi connectivity index (χ4n) is 4.57. The minimum absolute atomic E-state index is 0.138. The molecule has 5 heteroatoms. The number of nitrogens with zero attached hydrogens (tertiary/aromatic N) is 3. The van der Waals surface area contributed by atoms with Crippen LogP contribution in [0.25, 0.3) is 0 Å². The van der Waals surface area contributed by atoms with Crippen LogP contribution in [0.1, 0.15) is 91.9 Å². The summed E-state index contributed by atoms with van der Waals surface area (Å²) in [6, 6.07) is 12.3. The summed E-state index contributed by atoms with van der Waals surface area (Å²) in [4.78, 5) is 14.4. The number of carbonyl (C=O) groups excluding carboxylic acids is 1. The maximum Gasteiger partial charge on any atom is 0.289 e. The zero-order valence-electron chi connectivity index (χ0n) is 19.9. The molecule has 0 saturated heterocycles. The van der Waals surface area contributed by atoms with Gasteiger partial charge >= 0.3 is 0 Å². The van der Waals surface area contributed by atoms with E-state index in [1.807, 2.05) is 6.07 Å². The molecule has 5 nitrogen and oxygen atoms in total. The number of aryl methyl sites for hydroxylation is 1. The van der Waals surface area contributed by atoms with Gasteiger partial charge in [-0.05, 0) is 65.0 Å². The fourth-order valence-corrected chi connectivity index (χ4v) is 4.57. The summed E-state index contributed by atoms with van der Waals surface area (Å²) in [5.74, 6) is 0.726. The maximum atomic E-state index is 12.9. The Morgan fingerprint density at radius 3 is 2.12 bits per heavy atom. The first-order valence-electron chi connectivity index (χ1n) is 11.4. The number of furan rings is 1. The largest absolute Gasteiger partial charge is 0.456 e. The van der Waals surface area contributed by atoms with Crippen molar-refractivity contribution < 1.29 is 9.21 Å². The number of fused-ring (bicyclic) bond motifs is 1. The van der Waals surface area contributed by atoms with Crippen molar-refractivity contribution in [2.75, 3.05) is 13.1 Å². The molecule has 3 rings (SSSR count). The van der Waals surface area contributed by atoms with Crippen LogP contribution < -0.4 is 0 Å². The predicted molar refractivity (Wildman–Crippen MR) is 124 cm³/mol. The first-order valence-corrected chi connectivity index (χ1v) is 11.4. The van der Waals surface area contributed by atoms with Crippen LogP contribution in [-0.4, -0.2) is 23.9 Å². The van der Waals surface area contributed by atoms with E-state index in [4.69, 9.17) is 14.9 Å². The van der Waals surface area contributed by atoms with Gasteiger partial charge in [0, 0.05) is 19.5 Å². The predicted octanol–water partition coefficient (Wildman–Crippen LogP) is 5.80. The van der Waals surface area contributed by atoms with Crippen molar-refractivity contribution in [3.63, 3.8) is 0 Å². The number of hydrogen-bond donors (Lipinski definition) is 0. The molecule has 0 radical (unpaired) electrons. The molecule has 1 heterocycles. The normalized spacial score (nSPS) is 16.0. The van der Waals surface area contributed by atoms with Gasteiger partial charge in [0.1, 0.15) is 5.76 Å². The van der Waals surface area contributed by atoms with Crippen LogP contribution in [0.2, 0.25) is 0 Å². The molecule has 0 atom stereocenters. The quantitative estimate of drug-likeness (QED) is 0.555. The number of nitriles is 2. The second-order valence-corrected chi connectivity index (χ2v) is 10.1. The molecule has 168 valence electrons. The molecule has 0 spiro atoms. The molecule has 0 saturated carbocycles. The second-order valence-electron chi connectivity index (χ2n) is 10.1. The van der Waals surface area contributed by atoms with Crippen LogP contribution >= 0.6 is 0 Å². The molecule has 0 N–H and O–H groups in total. The highest BCUT2D eigenvalue weighted by Crippen LogP contribution is 2.46. The first-order chi connectivity index (χ1) is 15.1. The summed E-state index contributed by atoms with van der Waals surface area (Å²) in [7, 11) is 0. The molecule has 1 aromatic carbocycles. The van der Waals surface area contributed by atoms with Gasteiger partial charge in [0.2, 0.25) is 0 Å². The average Bonchev–Trinajstić information content (AvgIpc) is 3.21. The summed E-state index contributed by atoms with van der Waals surface area (Å²) >= 11 is 0. The Morgan fingerprint density at radius 2 is 1.56 bits per heavy atom. The van der Waals surface area contributed by atoms with E-state index < -0.39 is 0 Å². The van der Waals surface area contributed by atoms with Crippen molar-refractivity contribution >= 4 is 5.91 Å². The van der Waals surface area contributed by atoms with E-state index in [1.165, 1.54) is 33.6 Å². The number of amides is 1. The highest BCUT2D eigenvalue weighted by Gasteiger charge is 2.37. The molecule has 1 aromatic heterocycles. The molecular weight excluding hydrogens is 398 g/mol. The van der Waals surface area contributed by atoms with E-state index in [0.717, 1.165) is 12.2 Å². The zero-order chi connectivity index (χ0) is 23.5. The summed E-state index contributed by atoms with van der Waals surface area (Å²) in [6.45, 7) is 12.0. The molecule has 1 amide bonds.